The monoisotopic (exact) mass is 408 g/mol. The Hall–Kier alpha value is -0.230. The van der Waals surface area contributed by atoms with Crippen LogP contribution >= 0.6 is 35.5 Å². The molecular weight excluding hydrogens is 398 g/mol. The quantitative estimate of drug-likeness (QED) is 0.484. The van der Waals surface area contributed by atoms with Gasteiger partial charge in [0.25, 0.3) is 0 Å². The second kappa shape index (κ2) is 6.80. The lowest BCUT2D eigenvalue weighted by Crippen LogP contribution is -1.95. The van der Waals surface area contributed by atoms with E-state index in [1.165, 1.54) is 8.55 Å². The molecule has 18 heavy (non-hydrogen) atoms. The lowest BCUT2D eigenvalue weighted by molar-refractivity contribution is 0.507. The van der Waals surface area contributed by atoms with Crippen LogP contribution in [0.5, 0.6) is 11.5 Å². The van der Waals surface area contributed by atoms with Crippen LogP contribution in [0.2, 0.25) is 0 Å². The summed E-state index contributed by atoms with van der Waals surface area (Å²) in [7, 11) is 1.41. The lowest BCUT2D eigenvalue weighted by Gasteiger charge is -2.20. The van der Waals surface area contributed by atoms with Gasteiger partial charge in [0, 0.05) is 41.6 Å². The molecule has 0 aliphatic heterocycles. The van der Waals surface area contributed by atoms with E-state index in [9.17, 15) is 0 Å². The molecule has 94 valence electrons. The highest BCUT2D eigenvalue weighted by Gasteiger charge is 2.22. The highest BCUT2D eigenvalue weighted by molar-refractivity contribution is 14.2. The zero-order chi connectivity index (χ0) is 12.8. The average molecular weight is 408 g/mol. The molecule has 0 radical (unpaired) electrons. The SMILES string of the molecule is S=P(Oc1ccccc1)(Oc1ccccc1)SI. The zero-order valence-electron chi connectivity index (χ0n) is 9.23. The molecule has 0 N–H and O–H groups in total. The molecule has 0 saturated carbocycles. The summed E-state index contributed by atoms with van der Waals surface area (Å²) in [5.74, 6) is 1.47. The Morgan fingerprint density at radius 1 is 0.833 bits per heavy atom. The molecule has 2 nitrogen and oxygen atoms in total. The van der Waals surface area contributed by atoms with Crippen molar-refractivity contribution in [1.29, 1.82) is 0 Å². The van der Waals surface area contributed by atoms with Gasteiger partial charge in [-0.1, -0.05) is 36.4 Å². The van der Waals surface area contributed by atoms with Crippen molar-refractivity contribution in [2.24, 2.45) is 0 Å². The van der Waals surface area contributed by atoms with Crippen LogP contribution in [0.3, 0.4) is 0 Å². The number of hydrogen-bond acceptors (Lipinski definition) is 4. The van der Waals surface area contributed by atoms with Crippen LogP contribution in [-0.2, 0) is 11.8 Å². The molecule has 0 saturated heterocycles. The normalized spacial score (nSPS) is 10.9. The van der Waals surface area contributed by atoms with E-state index in [0.29, 0.717) is 0 Å². The Morgan fingerprint density at radius 2 is 1.22 bits per heavy atom. The Labute approximate surface area is 128 Å². The summed E-state index contributed by atoms with van der Waals surface area (Å²) in [5.41, 5.74) is -2.41. The summed E-state index contributed by atoms with van der Waals surface area (Å²) in [6, 6.07) is 19.0. The van der Waals surface area contributed by atoms with Crippen LogP contribution in [0, 0.1) is 0 Å². The van der Waals surface area contributed by atoms with Crippen molar-refractivity contribution in [2.45, 2.75) is 0 Å². The molecule has 0 atom stereocenters. The van der Waals surface area contributed by atoms with Crippen molar-refractivity contribution in [3.05, 3.63) is 60.7 Å². The van der Waals surface area contributed by atoms with Gasteiger partial charge in [-0.2, -0.15) is 0 Å². The summed E-state index contributed by atoms with van der Waals surface area (Å²) in [6.45, 7) is 0. The van der Waals surface area contributed by atoms with Crippen molar-refractivity contribution in [2.75, 3.05) is 0 Å². The first-order chi connectivity index (χ1) is 8.72. The number of halogens is 1. The molecule has 6 heteroatoms. The van der Waals surface area contributed by atoms with Crippen molar-refractivity contribution in [3.8, 4) is 11.5 Å². The summed E-state index contributed by atoms with van der Waals surface area (Å²) in [4.78, 5) is 0. The minimum absolute atomic E-state index is 0.737. The van der Waals surface area contributed by atoms with E-state index >= 15 is 0 Å². The lowest BCUT2D eigenvalue weighted by atomic mass is 10.3. The molecule has 0 fully saturated rings. The third-order valence-corrected chi connectivity index (χ3v) is 12.2. The van der Waals surface area contributed by atoms with E-state index in [1.807, 2.05) is 60.7 Å². The number of rotatable bonds is 5. The van der Waals surface area contributed by atoms with E-state index < -0.39 is 5.69 Å². The third kappa shape index (κ3) is 4.16. The molecule has 0 aromatic heterocycles. The van der Waals surface area contributed by atoms with E-state index in [1.54, 1.807) is 0 Å². The van der Waals surface area contributed by atoms with Gasteiger partial charge in [-0.3, -0.25) is 0 Å². The van der Waals surface area contributed by atoms with E-state index in [2.05, 4.69) is 21.2 Å². The van der Waals surface area contributed by atoms with Crippen molar-refractivity contribution < 1.29 is 9.05 Å². The van der Waals surface area contributed by atoms with Crippen molar-refractivity contribution in [3.63, 3.8) is 0 Å². The molecule has 0 unspecified atom stereocenters. The highest BCUT2D eigenvalue weighted by atomic mass is 127. The predicted molar refractivity (Wildman–Crippen MR) is 90.0 cm³/mol. The van der Waals surface area contributed by atoms with Crippen LogP contribution < -0.4 is 9.05 Å². The van der Waals surface area contributed by atoms with Crippen molar-refractivity contribution in [1.82, 2.24) is 0 Å². The second-order valence-corrected chi connectivity index (χ2v) is 12.3. The first-order valence-corrected chi connectivity index (χ1v) is 11.7. The molecule has 0 aliphatic rings. The molecule has 0 bridgehead atoms. The maximum Gasteiger partial charge on any atom is 0.358 e. The molecule has 0 heterocycles. The van der Waals surface area contributed by atoms with Gasteiger partial charge in [0.2, 0.25) is 0 Å². The molecule has 0 spiro atoms. The van der Waals surface area contributed by atoms with Gasteiger partial charge in [-0.25, -0.2) is 0 Å². The molecule has 2 aromatic rings. The third-order valence-electron chi connectivity index (χ3n) is 2.01. The molecule has 0 amide bonds. The Morgan fingerprint density at radius 3 is 1.56 bits per heavy atom. The molecule has 2 rings (SSSR count). The largest absolute Gasteiger partial charge is 0.428 e. The zero-order valence-corrected chi connectivity index (χ0v) is 13.9. The van der Waals surface area contributed by atoms with E-state index in [-0.39, 0.29) is 0 Å². The van der Waals surface area contributed by atoms with Crippen LogP contribution in [0.1, 0.15) is 0 Å². The van der Waals surface area contributed by atoms with Gasteiger partial charge in [0.05, 0.1) is 0 Å². The molecular formula is C12H10IO2PS2. The van der Waals surface area contributed by atoms with Gasteiger partial charge in [-0.15, -0.1) is 0 Å². The predicted octanol–water partition coefficient (Wildman–Crippen LogP) is 5.45. The minimum Gasteiger partial charge on any atom is -0.428 e. The first-order valence-electron chi connectivity index (χ1n) is 5.11. The van der Waals surface area contributed by atoms with Crippen LogP contribution in [0.25, 0.3) is 0 Å². The van der Waals surface area contributed by atoms with E-state index in [4.69, 9.17) is 20.9 Å². The number of hydrogen-bond donors (Lipinski definition) is 0. The maximum absolute atomic E-state index is 5.81. The average Bonchev–Trinajstić information content (AvgIpc) is 2.41. The Balaban J connectivity index is 2.14. The van der Waals surface area contributed by atoms with E-state index in [0.717, 1.165) is 11.5 Å². The van der Waals surface area contributed by atoms with Gasteiger partial charge in [-0.05, 0) is 24.3 Å². The van der Waals surface area contributed by atoms with Crippen LogP contribution in [-0.4, -0.2) is 0 Å². The summed E-state index contributed by atoms with van der Waals surface area (Å²) >= 11 is 7.62. The van der Waals surface area contributed by atoms with Gasteiger partial charge in [0.15, 0.2) is 0 Å². The van der Waals surface area contributed by atoms with Crippen LogP contribution in [0.4, 0.5) is 0 Å². The van der Waals surface area contributed by atoms with Gasteiger partial charge >= 0.3 is 5.69 Å². The fraction of sp³-hybridized carbons (Fsp3) is 0. The van der Waals surface area contributed by atoms with Gasteiger partial charge in [0.1, 0.15) is 11.5 Å². The maximum atomic E-state index is 5.81. The van der Waals surface area contributed by atoms with Crippen molar-refractivity contribution >= 4 is 47.3 Å². The number of benzene rings is 2. The smallest absolute Gasteiger partial charge is 0.358 e. The standard InChI is InChI=1S/C12H10IO2PS2/c13-18-16(17,14-11-7-3-1-4-8-11)15-12-9-5-2-6-10-12/h1-10H. The summed E-state index contributed by atoms with van der Waals surface area (Å²) in [6.07, 6.45) is 0. The Kier molecular flexibility index (Phi) is 5.36. The number of para-hydroxylation sites is 2. The Bertz CT molecular complexity index is 491. The highest BCUT2D eigenvalue weighted by Crippen LogP contribution is 2.63. The summed E-state index contributed by atoms with van der Waals surface area (Å²) < 4.78 is 11.6. The molecule has 0 aliphatic carbocycles. The molecule has 2 aromatic carbocycles. The summed E-state index contributed by atoms with van der Waals surface area (Å²) in [5, 5.41) is 0. The first kappa shape index (κ1) is 14.2. The minimum atomic E-state index is -2.41. The fourth-order valence-electron chi connectivity index (χ4n) is 1.27. The fourth-order valence-corrected chi connectivity index (χ4v) is 4.77. The topological polar surface area (TPSA) is 18.5 Å². The van der Waals surface area contributed by atoms with Gasteiger partial charge < -0.3 is 9.05 Å². The van der Waals surface area contributed by atoms with Crippen LogP contribution in [0.15, 0.2) is 60.7 Å². The second-order valence-electron chi connectivity index (χ2n) is 3.32.